The molecule has 0 spiro atoms. The maximum Gasteiger partial charge on any atom is 0.220 e. The molecular weight excluding hydrogens is 235 g/mol. The molecule has 1 rings (SSSR count). The van der Waals surface area contributed by atoms with Gasteiger partial charge in [-0.15, -0.1) is 0 Å². The number of hydrogen-bond donors (Lipinski definition) is 2. The predicted molar refractivity (Wildman–Crippen MR) is 67.8 cm³/mol. The Hall–Kier alpha value is -1.62. The van der Waals surface area contributed by atoms with Gasteiger partial charge in [0.25, 0.3) is 0 Å². The number of para-hydroxylation sites is 1. The maximum atomic E-state index is 13.2. The summed E-state index contributed by atoms with van der Waals surface area (Å²) >= 11 is 0. The van der Waals surface area contributed by atoms with Crippen molar-refractivity contribution in [3.63, 3.8) is 0 Å². The Morgan fingerprint density at radius 1 is 1.50 bits per heavy atom. The molecule has 0 aliphatic rings. The van der Waals surface area contributed by atoms with Gasteiger partial charge in [0, 0.05) is 19.0 Å². The normalized spacial score (nSPS) is 11.9. The van der Waals surface area contributed by atoms with E-state index in [1.165, 1.54) is 6.07 Å². The zero-order valence-corrected chi connectivity index (χ0v) is 10.5. The summed E-state index contributed by atoms with van der Waals surface area (Å²) in [7, 11) is 0. The second kappa shape index (κ2) is 7.66. The van der Waals surface area contributed by atoms with Crippen LogP contribution in [0.2, 0.25) is 0 Å². The summed E-state index contributed by atoms with van der Waals surface area (Å²) in [5, 5.41) is 2.75. The zero-order valence-electron chi connectivity index (χ0n) is 10.5. The van der Waals surface area contributed by atoms with Crippen LogP contribution in [0, 0.1) is 5.82 Å². The van der Waals surface area contributed by atoms with E-state index in [4.69, 9.17) is 10.5 Å². The van der Waals surface area contributed by atoms with Crippen LogP contribution in [0.15, 0.2) is 24.3 Å². The van der Waals surface area contributed by atoms with Crippen LogP contribution in [-0.4, -0.2) is 25.1 Å². The van der Waals surface area contributed by atoms with Crippen LogP contribution in [-0.2, 0) is 4.79 Å². The third-order valence-corrected chi connectivity index (χ3v) is 2.40. The van der Waals surface area contributed by atoms with E-state index >= 15 is 0 Å². The molecule has 1 aromatic carbocycles. The standard InChI is InChI=1S/C13H19FN2O2/c1-10(9-15)16-13(17)7-4-8-18-12-6-3-2-5-11(12)14/h2-3,5-6,10H,4,7-9,15H2,1H3,(H,16,17)/t10-/m0/s1. The van der Waals surface area contributed by atoms with Crippen LogP contribution >= 0.6 is 0 Å². The molecule has 1 atom stereocenters. The largest absolute Gasteiger partial charge is 0.491 e. The Morgan fingerprint density at radius 2 is 2.22 bits per heavy atom. The number of ether oxygens (including phenoxy) is 1. The van der Waals surface area contributed by atoms with Crippen LogP contribution in [0.25, 0.3) is 0 Å². The van der Waals surface area contributed by atoms with Gasteiger partial charge < -0.3 is 15.8 Å². The highest BCUT2D eigenvalue weighted by Crippen LogP contribution is 2.15. The van der Waals surface area contributed by atoms with Crippen LogP contribution < -0.4 is 15.8 Å². The molecule has 0 saturated carbocycles. The number of halogens is 1. The van der Waals surface area contributed by atoms with Gasteiger partial charge in [0.2, 0.25) is 5.91 Å². The van der Waals surface area contributed by atoms with E-state index in [0.29, 0.717) is 26.0 Å². The molecule has 0 radical (unpaired) electrons. The van der Waals surface area contributed by atoms with Crippen molar-refractivity contribution < 1.29 is 13.9 Å². The van der Waals surface area contributed by atoms with E-state index in [1.807, 2.05) is 6.92 Å². The summed E-state index contributed by atoms with van der Waals surface area (Å²) in [6, 6.07) is 6.18. The first-order chi connectivity index (χ1) is 8.63. The molecule has 100 valence electrons. The molecule has 0 aliphatic carbocycles. The molecule has 4 nitrogen and oxygen atoms in total. The summed E-state index contributed by atoms with van der Waals surface area (Å²) in [5.41, 5.74) is 5.39. The Balaban J connectivity index is 2.19. The molecular formula is C13H19FN2O2. The van der Waals surface area contributed by atoms with Gasteiger partial charge >= 0.3 is 0 Å². The van der Waals surface area contributed by atoms with Gasteiger partial charge in [0.05, 0.1) is 6.61 Å². The Morgan fingerprint density at radius 3 is 2.89 bits per heavy atom. The van der Waals surface area contributed by atoms with E-state index in [9.17, 15) is 9.18 Å². The quantitative estimate of drug-likeness (QED) is 0.724. The number of carbonyl (C=O) groups is 1. The number of amides is 1. The summed E-state index contributed by atoms with van der Waals surface area (Å²) in [4.78, 5) is 11.4. The van der Waals surface area contributed by atoms with E-state index < -0.39 is 5.82 Å². The lowest BCUT2D eigenvalue weighted by molar-refractivity contribution is -0.121. The fraction of sp³-hybridized carbons (Fsp3) is 0.462. The topological polar surface area (TPSA) is 64.3 Å². The molecule has 1 amide bonds. The van der Waals surface area contributed by atoms with Crippen LogP contribution in [0.5, 0.6) is 5.75 Å². The van der Waals surface area contributed by atoms with Crippen LogP contribution in [0.4, 0.5) is 4.39 Å². The highest BCUT2D eigenvalue weighted by Gasteiger charge is 2.06. The fourth-order valence-corrected chi connectivity index (χ4v) is 1.38. The van der Waals surface area contributed by atoms with Gasteiger partial charge in [0.1, 0.15) is 0 Å². The summed E-state index contributed by atoms with van der Waals surface area (Å²) in [5.74, 6) is -0.239. The third kappa shape index (κ3) is 5.14. The minimum atomic E-state index is -0.390. The lowest BCUT2D eigenvalue weighted by Gasteiger charge is -2.11. The van der Waals surface area contributed by atoms with Crippen molar-refractivity contribution >= 4 is 5.91 Å². The van der Waals surface area contributed by atoms with Crippen molar-refractivity contribution in [2.45, 2.75) is 25.8 Å². The molecule has 0 fully saturated rings. The molecule has 0 aliphatic heterocycles. The first-order valence-electron chi connectivity index (χ1n) is 6.00. The second-order valence-electron chi connectivity index (χ2n) is 4.09. The van der Waals surface area contributed by atoms with E-state index in [-0.39, 0.29) is 17.7 Å². The first kappa shape index (κ1) is 14.4. The lowest BCUT2D eigenvalue weighted by Crippen LogP contribution is -2.37. The second-order valence-corrected chi connectivity index (χ2v) is 4.09. The number of nitrogens with one attached hydrogen (secondary N) is 1. The highest BCUT2D eigenvalue weighted by atomic mass is 19.1. The Labute approximate surface area is 106 Å². The highest BCUT2D eigenvalue weighted by molar-refractivity contribution is 5.76. The molecule has 0 saturated heterocycles. The Kier molecular flexibility index (Phi) is 6.14. The zero-order chi connectivity index (χ0) is 13.4. The lowest BCUT2D eigenvalue weighted by atomic mass is 10.2. The van der Waals surface area contributed by atoms with Crippen molar-refractivity contribution in [1.29, 1.82) is 0 Å². The minimum Gasteiger partial charge on any atom is -0.491 e. The van der Waals surface area contributed by atoms with E-state index in [0.717, 1.165) is 0 Å². The van der Waals surface area contributed by atoms with Gasteiger partial charge in [-0.05, 0) is 25.5 Å². The summed E-state index contributed by atoms with van der Waals surface area (Å²) in [6.07, 6.45) is 0.885. The molecule has 0 heterocycles. The van der Waals surface area contributed by atoms with Gasteiger partial charge in [-0.1, -0.05) is 12.1 Å². The Bertz CT molecular complexity index is 385. The molecule has 0 unspecified atom stereocenters. The number of rotatable bonds is 7. The molecule has 5 heteroatoms. The number of carbonyl (C=O) groups excluding carboxylic acids is 1. The number of nitrogens with two attached hydrogens (primary N) is 1. The first-order valence-corrected chi connectivity index (χ1v) is 6.00. The fourth-order valence-electron chi connectivity index (χ4n) is 1.38. The van der Waals surface area contributed by atoms with E-state index in [1.54, 1.807) is 18.2 Å². The SMILES string of the molecule is C[C@@H](CN)NC(=O)CCCOc1ccccc1F. The predicted octanol–water partition coefficient (Wildman–Crippen LogP) is 1.45. The molecule has 3 N–H and O–H groups in total. The summed E-state index contributed by atoms with van der Waals surface area (Å²) in [6.45, 7) is 2.57. The van der Waals surface area contributed by atoms with Gasteiger partial charge in [-0.3, -0.25) is 4.79 Å². The average Bonchev–Trinajstić information content (AvgIpc) is 2.36. The molecule has 18 heavy (non-hydrogen) atoms. The van der Waals surface area contributed by atoms with Crippen molar-refractivity contribution in [1.82, 2.24) is 5.32 Å². The van der Waals surface area contributed by atoms with Crippen molar-refractivity contribution in [2.24, 2.45) is 5.73 Å². The monoisotopic (exact) mass is 254 g/mol. The van der Waals surface area contributed by atoms with E-state index in [2.05, 4.69) is 5.32 Å². The van der Waals surface area contributed by atoms with Gasteiger partial charge in [0.15, 0.2) is 11.6 Å². The van der Waals surface area contributed by atoms with Crippen LogP contribution in [0.3, 0.4) is 0 Å². The van der Waals surface area contributed by atoms with Crippen LogP contribution in [0.1, 0.15) is 19.8 Å². The summed E-state index contributed by atoms with van der Waals surface area (Å²) < 4.78 is 18.4. The van der Waals surface area contributed by atoms with Crippen molar-refractivity contribution in [2.75, 3.05) is 13.2 Å². The average molecular weight is 254 g/mol. The number of hydrogen-bond acceptors (Lipinski definition) is 3. The molecule has 1 aromatic rings. The van der Waals surface area contributed by atoms with Gasteiger partial charge in [-0.25, -0.2) is 4.39 Å². The van der Waals surface area contributed by atoms with Crippen molar-refractivity contribution in [3.8, 4) is 5.75 Å². The number of benzene rings is 1. The maximum absolute atomic E-state index is 13.2. The smallest absolute Gasteiger partial charge is 0.220 e. The molecule has 0 bridgehead atoms. The minimum absolute atomic E-state index is 0.0232. The van der Waals surface area contributed by atoms with Crippen molar-refractivity contribution in [3.05, 3.63) is 30.1 Å². The molecule has 0 aromatic heterocycles. The van der Waals surface area contributed by atoms with Gasteiger partial charge in [-0.2, -0.15) is 0 Å². The third-order valence-electron chi connectivity index (χ3n) is 2.40.